The molecule has 0 bridgehead atoms. The van der Waals surface area contributed by atoms with Crippen molar-refractivity contribution < 1.29 is 26.9 Å². The Kier molecular flexibility index (Phi) is 16.9. The van der Waals surface area contributed by atoms with Crippen LogP contribution in [0.15, 0.2) is 121 Å². The van der Waals surface area contributed by atoms with E-state index in [-0.39, 0.29) is 7.43 Å². The van der Waals surface area contributed by atoms with Crippen LogP contribution in [0.4, 0.5) is 0 Å². The molecule has 4 atom stereocenters. The average Bonchev–Trinajstić information content (AvgIpc) is 3.36. The summed E-state index contributed by atoms with van der Waals surface area (Å²) >= 11 is 1.82. The molecule has 5 rings (SSSR count). The zero-order chi connectivity index (χ0) is 28.6. The molecule has 4 aromatic rings. The van der Waals surface area contributed by atoms with Crippen LogP contribution in [0.3, 0.4) is 0 Å². The Morgan fingerprint density at radius 2 is 0.750 bits per heavy atom. The molecule has 1 N–H and O–H groups in total. The Labute approximate surface area is 255 Å². The van der Waals surface area contributed by atoms with E-state index in [1.807, 2.05) is 17.3 Å². The van der Waals surface area contributed by atoms with Gasteiger partial charge in [0.05, 0.1) is 0 Å². The average molecular weight is 641 g/mol. The van der Waals surface area contributed by atoms with Gasteiger partial charge in [-0.2, -0.15) is 0 Å². The number of carbonyl (C=O) groups excluding carboxylic acids is 2. The van der Waals surface area contributed by atoms with Gasteiger partial charge < -0.3 is 22.3 Å². The molecule has 0 heterocycles. The van der Waals surface area contributed by atoms with Gasteiger partial charge in [0.1, 0.15) is 0 Å². The first-order chi connectivity index (χ1) is 19.2. The summed E-state index contributed by atoms with van der Waals surface area (Å²) in [5, 5.41) is 4.04. The van der Waals surface area contributed by atoms with Crippen LogP contribution in [-0.2, 0) is 26.9 Å². The molecule has 210 valence electrons. The summed E-state index contributed by atoms with van der Waals surface area (Å²) in [7, 11) is 4.57. The van der Waals surface area contributed by atoms with Crippen LogP contribution < -0.4 is 5.32 Å². The Bertz CT molecular complexity index is 1090. The molecule has 3 nitrogen and oxygen atoms in total. The second-order valence-corrected chi connectivity index (χ2v) is 9.59. The van der Waals surface area contributed by atoms with Crippen molar-refractivity contribution in [1.29, 1.82) is 0 Å². The van der Waals surface area contributed by atoms with E-state index < -0.39 is 0 Å². The molecule has 5 heteroatoms. The van der Waals surface area contributed by atoms with Crippen LogP contribution in [0.5, 0.6) is 0 Å². The minimum absolute atomic E-state index is 0. The van der Waals surface area contributed by atoms with Crippen LogP contribution in [0, 0.1) is 7.43 Å². The summed E-state index contributed by atoms with van der Waals surface area (Å²) in [5.74, 6) is 1.48. The molecule has 0 saturated heterocycles. The molecule has 1 aliphatic carbocycles. The Balaban J connectivity index is 0.00000107. The van der Waals surface area contributed by atoms with Gasteiger partial charge in [-0.05, 0) is 34.1 Å². The van der Waals surface area contributed by atoms with E-state index in [0.29, 0.717) is 35.8 Å². The first-order valence-electron chi connectivity index (χ1n) is 12.8. The van der Waals surface area contributed by atoms with E-state index in [0.717, 1.165) is 0 Å². The van der Waals surface area contributed by atoms with E-state index in [9.17, 15) is 0 Å². The summed E-state index contributed by atoms with van der Waals surface area (Å²) < 4.78 is 0. The van der Waals surface area contributed by atoms with Crippen molar-refractivity contribution in [1.82, 2.24) is 5.32 Å². The van der Waals surface area contributed by atoms with Crippen LogP contribution in [0.1, 0.15) is 59.8 Å². The second kappa shape index (κ2) is 19.2. The molecule has 4 unspecified atom stereocenters. The number of nitrogens with one attached hydrogen (secondary N) is 1. The third-order valence-corrected chi connectivity index (χ3v) is 7.20. The van der Waals surface area contributed by atoms with E-state index in [1.165, 1.54) is 22.3 Å². The van der Waals surface area contributed by atoms with E-state index >= 15 is 0 Å². The summed E-state index contributed by atoms with van der Waals surface area (Å²) in [5.41, 5.74) is 5.69. The van der Waals surface area contributed by atoms with Crippen molar-refractivity contribution in [3.8, 4) is 0 Å². The van der Waals surface area contributed by atoms with Gasteiger partial charge in [-0.15, -0.1) is 0 Å². The topological polar surface area (TPSA) is 46.2 Å². The van der Waals surface area contributed by atoms with Crippen molar-refractivity contribution in [3.63, 3.8) is 0 Å². The molecule has 0 aromatic heterocycles. The normalized spacial score (nSPS) is 20.8. The van der Waals surface area contributed by atoms with Crippen molar-refractivity contribution in [2.24, 2.45) is 0 Å². The summed E-state index contributed by atoms with van der Waals surface area (Å²) in [6.45, 7) is 11.1. The number of rotatable bonds is 6. The van der Waals surface area contributed by atoms with Crippen molar-refractivity contribution in [2.75, 3.05) is 0 Å². The molecule has 0 radical (unpaired) electrons. The van der Waals surface area contributed by atoms with Gasteiger partial charge in [-0.1, -0.05) is 135 Å². The molecular formula is C35H38ClNO2Ru. The molecule has 0 spiro atoms. The van der Waals surface area contributed by atoms with Crippen molar-refractivity contribution in [3.05, 3.63) is 151 Å². The fraction of sp³-hybridized carbons (Fsp3) is 0.229. The predicted octanol–water partition coefficient (Wildman–Crippen LogP) is 8.09. The monoisotopic (exact) mass is 641 g/mol. The molecule has 1 fully saturated rings. The number of halogens is 1. The second-order valence-electron chi connectivity index (χ2n) is 9.59. The third kappa shape index (κ3) is 8.54. The van der Waals surface area contributed by atoms with E-state index in [1.54, 1.807) is 0 Å². The minimum atomic E-state index is 0. The van der Waals surface area contributed by atoms with Gasteiger partial charge in [0, 0.05) is 23.9 Å². The fourth-order valence-electron chi connectivity index (χ4n) is 6.07. The van der Waals surface area contributed by atoms with Gasteiger partial charge in [0.25, 0.3) is 0 Å². The van der Waals surface area contributed by atoms with Gasteiger partial charge in [0.15, 0.2) is 0 Å². The van der Waals surface area contributed by atoms with Crippen LogP contribution in [0.2, 0.25) is 0 Å². The van der Waals surface area contributed by atoms with E-state index in [2.05, 4.69) is 164 Å². The SMILES string of the molecule is CC(C)NC1C(c2ccccc2)C(c2ccccc2)C(c2ccccc2)C1c1ccccc1.[CH-]=O.[CH-]=O.[CH3-].[Cl][Ru+3]. The first-order valence-corrected chi connectivity index (χ1v) is 15.0. The van der Waals surface area contributed by atoms with Gasteiger partial charge >= 0.3 is 27.0 Å². The molecule has 40 heavy (non-hydrogen) atoms. The Hall–Kier alpha value is -2.91. The Morgan fingerprint density at radius 3 is 0.975 bits per heavy atom. The molecule has 4 aromatic carbocycles. The summed E-state index contributed by atoms with van der Waals surface area (Å²) in [4.78, 5) is 15.5. The van der Waals surface area contributed by atoms with Crippen LogP contribution in [-0.4, -0.2) is 25.7 Å². The maximum absolute atomic E-state index is 7.75. The van der Waals surface area contributed by atoms with Crippen molar-refractivity contribution >= 4 is 23.3 Å². The molecule has 0 amide bonds. The van der Waals surface area contributed by atoms with Crippen LogP contribution in [0.25, 0.3) is 0 Å². The first kappa shape index (κ1) is 35.1. The number of hydrogen-bond acceptors (Lipinski definition) is 3. The summed E-state index contributed by atoms with van der Waals surface area (Å²) in [6, 6.07) is 45.4. The van der Waals surface area contributed by atoms with Gasteiger partial charge in [-0.3, -0.25) is 13.6 Å². The number of hydrogen-bond donors (Lipinski definition) is 1. The molecular weight excluding hydrogens is 603 g/mol. The Morgan fingerprint density at radius 1 is 0.525 bits per heavy atom. The van der Waals surface area contributed by atoms with Crippen molar-refractivity contribution in [2.45, 2.75) is 49.6 Å². The maximum atomic E-state index is 7.75. The third-order valence-electron chi connectivity index (χ3n) is 7.20. The fourth-order valence-corrected chi connectivity index (χ4v) is 6.07. The number of benzene rings is 4. The molecule has 1 saturated carbocycles. The zero-order valence-corrected chi connectivity index (χ0v) is 25.7. The predicted molar refractivity (Wildman–Crippen MR) is 165 cm³/mol. The van der Waals surface area contributed by atoms with E-state index in [4.69, 9.17) is 9.59 Å². The standard InChI is InChI=1S/C32H33N.2CHO.CH3.ClH.Ru/c1-23(2)33-32-30(26-19-11-5-12-20-26)28(24-15-7-3-8-16-24)29(25-17-9-4-10-18-25)31(32)27-21-13-6-14-22-27;2*1-2;;;/h3-23,28-33H,1-2H3;2*1H;1H3;1H;/q;3*-1;;+4/p-1. The van der Waals surface area contributed by atoms with Crippen LogP contribution >= 0.6 is 9.69 Å². The summed E-state index contributed by atoms with van der Waals surface area (Å²) in [6.07, 6.45) is 0. The quantitative estimate of drug-likeness (QED) is 0.132. The van der Waals surface area contributed by atoms with Gasteiger partial charge in [-0.25, -0.2) is 0 Å². The van der Waals surface area contributed by atoms with Gasteiger partial charge in [0.2, 0.25) is 0 Å². The zero-order valence-electron chi connectivity index (χ0n) is 23.2. The molecule has 1 aliphatic rings. The molecule has 0 aliphatic heterocycles.